The molecule has 0 saturated carbocycles. The number of rotatable bonds is 5. The Morgan fingerprint density at radius 2 is 1.61 bits per heavy atom. The molecule has 0 aliphatic carbocycles. The predicted octanol–water partition coefficient (Wildman–Crippen LogP) is 5.91. The summed E-state index contributed by atoms with van der Waals surface area (Å²) in [5.74, 6) is 0.800. The van der Waals surface area contributed by atoms with E-state index in [1.165, 1.54) is 37.5 Å². The molecule has 1 aromatic heterocycles. The zero-order valence-corrected chi connectivity index (χ0v) is 17.6. The summed E-state index contributed by atoms with van der Waals surface area (Å²) < 4.78 is 49.4. The first-order valence-corrected chi connectivity index (χ1v) is 9.60. The molecule has 3 aromatic rings. The Morgan fingerprint density at radius 3 is 2.27 bits per heavy atom. The molecule has 0 atom stereocenters. The van der Waals surface area contributed by atoms with Crippen molar-refractivity contribution in [2.75, 3.05) is 17.7 Å². The summed E-state index contributed by atoms with van der Waals surface area (Å²) in [4.78, 5) is 27.3. The number of alkyl halides is 3. The van der Waals surface area contributed by atoms with Crippen LogP contribution in [0.25, 0.3) is 0 Å². The smallest absolute Gasteiger partial charge is 0.417 e. The number of carbonyl (C=O) groups is 2. The van der Waals surface area contributed by atoms with E-state index < -0.39 is 28.9 Å². The predicted molar refractivity (Wildman–Crippen MR) is 115 cm³/mol. The largest absolute Gasteiger partial charge is 0.457 e. The molecule has 3 amide bonds. The third kappa shape index (κ3) is 6.74. The van der Waals surface area contributed by atoms with Crippen molar-refractivity contribution in [1.82, 2.24) is 10.3 Å². The molecule has 12 heteroatoms. The number of benzene rings is 2. The molecule has 1 heterocycles. The van der Waals surface area contributed by atoms with E-state index in [-0.39, 0.29) is 11.6 Å². The van der Waals surface area contributed by atoms with Crippen LogP contribution in [0.1, 0.15) is 5.56 Å². The van der Waals surface area contributed by atoms with Crippen LogP contribution in [-0.2, 0) is 6.18 Å². The van der Waals surface area contributed by atoms with Crippen molar-refractivity contribution in [2.24, 2.45) is 0 Å². The van der Waals surface area contributed by atoms with Crippen molar-refractivity contribution < 1.29 is 32.2 Å². The lowest BCUT2D eigenvalue weighted by Crippen LogP contribution is -2.22. The van der Waals surface area contributed by atoms with Crippen LogP contribution in [-0.4, -0.2) is 24.2 Å². The summed E-state index contributed by atoms with van der Waals surface area (Å²) >= 11 is 5.57. The second-order valence-corrected chi connectivity index (χ2v) is 6.77. The zero-order chi connectivity index (χ0) is 24.0. The number of pyridine rings is 1. The molecule has 172 valence electrons. The molecule has 0 fully saturated rings. The van der Waals surface area contributed by atoms with Crippen LogP contribution >= 0.6 is 11.6 Å². The molecule has 0 bridgehead atoms. The van der Waals surface area contributed by atoms with Gasteiger partial charge in [0.1, 0.15) is 11.5 Å². The van der Waals surface area contributed by atoms with E-state index >= 15 is 0 Å². The second kappa shape index (κ2) is 10.1. The van der Waals surface area contributed by atoms with Crippen molar-refractivity contribution in [3.63, 3.8) is 0 Å². The lowest BCUT2D eigenvalue weighted by molar-refractivity contribution is -0.137. The maximum absolute atomic E-state index is 12.9. The molecule has 33 heavy (non-hydrogen) atoms. The average Bonchev–Trinajstić information content (AvgIpc) is 2.76. The molecular weight excluding hydrogens is 465 g/mol. The van der Waals surface area contributed by atoms with Crippen molar-refractivity contribution in [3.8, 4) is 17.4 Å². The molecule has 0 saturated heterocycles. The van der Waals surface area contributed by atoms with Gasteiger partial charge in [-0.15, -0.1) is 0 Å². The Kier molecular flexibility index (Phi) is 7.23. The summed E-state index contributed by atoms with van der Waals surface area (Å²) in [6.45, 7) is 0. The minimum Gasteiger partial charge on any atom is -0.457 e. The van der Waals surface area contributed by atoms with E-state index in [0.29, 0.717) is 17.2 Å². The Balaban J connectivity index is 1.60. The zero-order valence-electron chi connectivity index (χ0n) is 16.9. The van der Waals surface area contributed by atoms with Gasteiger partial charge in [-0.2, -0.15) is 13.2 Å². The first kappa shape index (κ1) is 23.7. The van der Waals surface area contributed by atoms with Crippen LogP contribution in [0.2, 0.25) is 5.02 Å². The number of nitrogens with one attached hydrogen (secondary N) is 3. The van der Waals surface area contributed by atoms with E-state index in [9.17, 15) is 22.8 Å². The Hall–Kier alpha value is -3.99. The summed E-state index contributed by atoms with van der Waals surface area (Å²) in [5.41, 5.74) is -0.761. The summed E-state index contributed by atoms with van der Waals surface area (Å²) in [6.07, 6.45) is -3.93. The number of hydrogen-bond donors (Lipinski definition) is 3. The van der Waals surface area contributed by atoms with Crippen LogP contribution in [0.3, 0.4) is 0 Å². The molecule has 8 nitrogen and oxygen atoms in total. The number of amides is 3. The topological polar surface area (TPSA) is 102 Å². The van der Waals surface area contributed by atoms with Crippen molar-refractivity contribution in [2.45, 2.75) is 6.18 Å². The summed E-state index contributed by atoms with van der Waals surface area (Å²) in [6, 6.07) is 11.4. The van der Waals surface area contributed by atoms with Gasteiger partial charge in [0, 0.05) is 30.7 Å². The van der Waals surface area contributed by atoms with Gasteiger partial charge in [-0.05, 0) is 48.5 Å². The van der Waals surface area contributed by atoms with Gasteiger partial charge < -0.3 is 25.4 Å². The quantitative estimate of drug-likeness (QED) is 0.421. The lowest BCUT2D eigenvalue weighted by atomic mass is 10.2. The third-order valence-corrected chi connectivity index (χ3v) is 4.31. The highest BCUT2D eigenvalue weighted by molar-refractivity contribution is 6.31. The van der Waals surface area contributed by atoms with Crippen LogP contribution in [0.15, 0.2) is 60.8 Å². The highest BCUT2D eigenvalue weighted by Gasteiger charge is 2.33. The number of halogens is 4. The second-order valence-electron chi connectivity index (χ2n) is 6.37. The standard InChI is InChI=1S/C21H16ClF3N4O4/c1-26-20(31)33-18-11-15(8-9-27-18)32-14-5-2-12(3-6-14)28-19(30)29-13-4-7-17(22)16(10-13)21(23,24)25/h2-11H,1H3,(H,26,31)(H2,28,29,30). The van der Waals surface area contributed by atoms with Gasteiger partial charge in [-0.25, -0.2) is 14.6 Å². The van der Waals surface area contributed by atoms with Gasteiger partial charge in [0.05, 0.1) is 10.6 Å². The van der Waals surface area contributed by atoms with Crippen LogP contribution in [0.4, 0.5) is 34.1 Å². The van der Waals surface area contributed by atoms with E-state index in [4.69, 9.17) is 21.1 Å². The number of hydrogen-bond acceptors (Lipinski definition) is 5. The molecule has 3 rings (SSSR count). The Labute approximate surface area is 190 Å². The molecule has 0 radical (unpaired) electrons. The molecule has 0 unspecified atom stereocenters. The Bertz CT molecular complexity index is 1160. The van der Waals surface area contributed by atoms with E-state index in [1.54, 1.807) is 18.2 Å². The number of aromatic nitrogens is 1. The van der Waals surface area contributed by atoms with Gasteiger partial charge in [-0.3, -0.25) is 0 Å². The number of carbonyl (C=O) groups excluding carboxylic acids is 2. The first-order chi connectivity index (χ1) is 15.6. The van der Waals surface area contributed by atoms with E-state index in [1.807, 2.05) is 0 Å². The van der Waals surface area contributed by atoms with Gasteiger partial charge in [-0.1, -0.05) is 11.6 Å². The minimum atomic E-state index is -4.65. The van der Waals surface area contributed by atoms with Gasteiger partial charge in [0.15, 0.2) is 0 Å². The fourth-order valence-electron chi connectivity index (χ4n) is 2.51. The SMILES string of the molecule is CNC(=O)Oc1cc(Oc2ccc(NC(=O)Nc3ccc(Cl)c(C(F)(F)F)c3)cc2)ccn1. The first-order valence-electron chi connectivity index (χ1n) is 9.22. The number of anilines is 2. The fraction of sp³-hybridized carbons (Fsp3) is 0.0952. The maximum Gasteiger partial charge on any atom is 0.417 e. The van der Waals surface area contributed by atoms with Gasteiger partial charge in [0.2, 0.25) is 5.88 Å². The summed E-state index contributed by atoms with van der Waals surface area (Å²) in [7, 11) is 1.41. The van der Waals surface area contributed by atoms with Crippen molar-refractivity contribution in [1.29, 1.82) is 0 Å². The monoisotopic (exact) mass is 480 g/mol. The number of urea groups is 1. The maximum atomic E-state index is 12.9. The van der Waals surface area contributed by atoms with Gasteiger partial charge in [0.25, 0.3) is 0 Å². The molecule has 2 aromatic carbocycles. The van der Waals surface area contributed by atoms with Crippen LogP contribution in [0.5, 0.6) is 17.4 Å². The van der Waals surface area contributed by atoms with Crippen LogP contribution in [0, 0.1) is 0 Å². The number of nitrogens with zero attached hydrogens (tertiary/aromatic N) is 1. The van der Waals surface area contributed by atoms with Crippen LogP contribution < -0.4 is 25.4 Å². The molecule has 0 aliphatic heterocycles. The van der Waals surface area contributed by atoms with Crippen molar-refractivity contribution in [3.05, 3.63) is 71.4 Å². The molecule has 3 N–H and O–H groups in total. The van der Waals surface area contributed by atoms with Gasteiger partial charge >= 0.3 is 18.3 Å². The highest BCUT2D eigenvalue weighted by atomic mass is 35.5. The molecular formula is C21H16ClF3N4O4. The Morgan fingerprint density at radius 1 is 0.939 bits per heavy atom. The van der Waals surface area contributed by atoms with E-state index in [2.05, 4.69) is 20.9 Å². The van der Waals surface area contributed by atoms with E-state index in [0.717, 1.165) is 12.1 Å². The molecule has 0 aliphatic rings. The normalized spacial score (nSPS) is 10.8. The lowest BCUT2D eigenvalue weighted by Gasteiger charge is -2.12. The fourth-order valence-corrected chi connectivity index (χ4v) is 2.74. The van der Waals surface area contributed by atoms with Crippen molar-refractivity contribution >= 4 is 35.1 Å². The highest BCUT2D eigenvalue weighted by Crippen LogP contribution is 2.36. The molecule has 0 spiro atoms. The third-order valence-electron chi connectivity index (χ3n) is 3.99. The minimum absolute atomic E-state index is 0.0395. The average molecular weight is 481 g/mol. The number of ether oxygens (including phenoxy) is 2. The summed E-state index contributed by atoms with van der Waals surface area (Å²) in [5, 5.41) is 6.64.